The molecule has 1 amide bonds. The highest BCUT2D eigenvalue weighted by atomic mass is 16.5. The van der Waals surface area contributed by atoms with Crippen molar-refractivity contribution in [2.24, 2.45) is 5.92 Å². The maximum atomic E-state index is 13.5. The molecule has 5 aromatic carbocycles. The number of ether oxygens (including phenoxy) is 1. The van der Waals surface area contributed by atoms with Gasteiger partial charge in [-0.1, -0.05) is 167 Å². The molecule has 1 heterocycles. The lowest BCUT2D eigenvalue weighted by molar-refractivity contribution is -0.155. The van der Waals surface area contributed by atoms with Crippen LogP contribution in [0.15, 0.2) is 140 Å². The highest BCUT2D eigenvalue weighted by molar-refractivity contribution is 5.85. The largest absolute Gasteiger partial charge is 0.467 e. The molecule has 8 heteroatoms. The van der Waals surface area contributed by atoms with Gasteiger partial charge < -0.3 is 9.64 Å². The molecule has 1 unspecified atom stereocenters. The molecule has 0 spiro atoms. The lowest BCUT2D eigenvalue weighted by Gasteiger charge is -2.36. The molecule has 0 fully saturated rings. The van der Waals surface area contributed by atoms with Crippen molar-refractivity contribution >= 4 is 11.9 Å². The van der Waals surface area contributed by atoms with E-state index >= 15 is 0 Å². The normalized spacial score (nSPS) is 12.0. The summed E-state index contributed by atoms with van der Waals surface area (Å²) in [6.07, 6.45) is 2.04. The third-order valence-corrected chi connectivity index (χ3v) is 9.62. The van der Waals surface area contributed by atoms with Gasteiger partial charge in [-0.05, 0) is 56.1 Å². The molecule has 0 saturated heterocycles. The number of esters is 1. The summed E-state index contributed by atoms with van der Waals surface area (Å²) in [5.74, 6) is 0.0540. The second-order valence-electron chi connectivity index (χ2n) is 13.3. The molecule has 0 radical (unpaired) electrons. The molecule has 8 nitrogen and oxygen atoms in total. The Morgan fingerprint density at radius 3 is 1.75 bits per heavy atom. The van der Waals surface area contributed by atoms with Crippen LogP contribution in [0.4, 0.5) is 0 Å². The van der Waals surface area contributed by atoms with Crippen LogP contribution in [-0.2, 0) is 26.4 Å². The molecule has 1 aromatic heterocycles. The molecule has 0 N–H and O–H groups in total. The van der Waals surface area contributed by atoms with Gasteiger partial charge in [0.05, 0.1) is 7.11 Å². The Morgan fingerprint density at radius 2 is 1.25 bits per heavy atom. The number of hydrogen-bond donors (Lipinski definition) is 0. The van der Waals surface area contributed by atoms with Crippen molar-refractivity contribution in [3.8, 4) is 22.5 Å². The van der Waals surface area contributed by atoms with E-state index in [1.807, 2.05) is 97.4 Å². The van der Waals surface area contributed by atoms with E-state index in [1.165, 1.54) is 7.11 Å². The Labute approximate surface area is 306 Å². The number of carbonyl (C=O) groups is 2. The topological polar surface area (TPSA) is 90.2 Å². The van der Waals surface area contributed by atoms with Crippen molar-refractivity contribution in [1.82, 2.24) is 25.1 Å². The lowest BCUT2D eigenvalue weighted by atomic mass is 9.77. The molecular formula is C44H45N5O3. The first-order valence-electron chi connectivity index (χ1n) is 17.9. The van der Waals surface area contributed by atoms with Crippen LogP contribution >= 0.6 is 0 Å². The number of unbranched alkanes of at least 4 members (excludes halogenated alkanes) is 1. The van der Waals surface area contributed by atoms with Crippen LogP contribution in [0.1, 0.15) is 62.3 Å². The Bertz CT molecular complexity index is 1970. The number of amides is 1. The number of hydrogen-bond acceptors (Lipinski definition) is 6. The minimum Gasteiger partial charge on any atom is -0.467 e. The number of nitrogens with zero attached hydrogens (tertiary/aromatic N) is 5. The molecular weight excluding hydrogens is 647 g/mol. The standard InChI is InChI=1S/C44H45N5O3/c1-5-6-26-40(50)48(41(32(2)3)43(51)52-4)31-33-27-29-34(30-28-33)38-24-16-17-25-39(38)42-45-46-47-49(42)44(35-18-10-7-11-19-35,36-20-12-8-13-21-36)37-22-14-9-15-23-37/h7-25,27-30,32,41H,5-6,26,31H2,1-4H3. The van der Waals surface area contributed by atoms with Gasteiger partial charge in [0.2, 0.25) is 5.91 Å². The highest BCUT2D eigenvalue weighted by Gasteiger charge is 2.42. The van der Waals surface area contributed by atoms with E-state index in [0.717, 1.165) is 51.8 Å². The number of tetrazole rings is 1. The first-order valence-corrected chi connectivity index (χ1v) is 17.9. The van der Waals surface area contributed by atoms with Gasteiger partial charge >= 0.3 is 5.97 Å². The fourth-order valence-electron chi connectivity index (χ4n) is 7.10. The van der Waals surface area contributed by atoms with Crippen molar-refractivity contribution < 1.29 is 14.3 Å². The number of carbonyl (C=O) groups excluding carboxylic acids is 2. The van der Waals surface area contributed by atoms with Crippen LogP contribution in [0.2, 0.25) is 0 Å². The van der Waals surface area contributed by atoms with Gasteiger partial charge in [-0.15, -0.1) is 5.10 Å². The summed E-state index contributed by atoms with van der Waals surface area (Å²) >= 11 is 0. The summed E-state index contributed by atoms with van der Waals surface area (Å²) in [7, 11) is 1.37. The average Bonchev–Trinajstić information content (AvgIpc) is 3.68. The summed E-state index contributed by atoms with van der Waals surface area (Å²) in [6.45, 7) is 6.24. The van der Waals surface area contributed by atoms with Gasteiger partial charge in [0.15, 0.2) is 5.82 Å². The lowest BCUT2D eigenvalue weighted by Crippen LogP contribution is -2.48. The zero-order chi connectivity index (χ0) is 36.5. The number of methoxy groups -OCH3 is 1. The SMILES string of the molecule is CCCCC(=O)N(Cc1ccc(-c2ccccc2-c2nnnn2C(c2ccccc2)(c2ccccc2)c2ccccc2)cc1)C(C(=O)OC)C(C)C. The minimum absolute atomic E-state index is 0.0501. The summed E-state index contributed by atoms with van der Waals surface area (Å²) in [6, 6.07) is 46.7. The molecule has 264 valence electrons. The number of benzene rings is 5. The minimum atomic E-state index is -0.889. The predicted octanol–water partition coefficient (Wildman–Crippen LogP) is 8.56. The molecule has 0 aliphatic rings. The van der Waals surface area contributed by atoms with Gasteiger partial charge in [0.1, 0.15) is 11.6 Å². The van der Waals surface area contributed by atoms with Crippen molar-refractivity contribution in [3.63, 3.8) is 0 Å². The maximum absolute atomic E-state index is 13.5. The van der Waals surface area contributed by atoms with Gasteiger partial charge in [-0.2, -0.15) is 0 Å². The third-order valence-electron chi connectivity index (χ3n) is 9.62. The van der Waals surface area contributed by atoms with Crippen LogP contribution in [-0.4, -0.2) is 50.1 Å². The quantitative estimate of drug-likeness (QED) is 0.0840. The van der Waals surface area contributed by atoms with Crippen LogP contribution in [0.5, 0.6) is 0 Å². The van der Waals surface area contributed by atoms with Gasteiger partial charge in [0.25, 0.3) is 0 Å². The fraction of sp³-hybridized carbons (Fsp3) is 0.250. The van der Waals surface area contributed by atoms with E-state index in [2.05, 4.69) is 72.8 Å². The van der Waals surface area contributed by atoms with E-state index < -0.39 is 17.6 Å². The van der Waals surface area contributed by atoms with Crippen molar-refractivity contribution in [2.45, 2.75) is 58.2 Å². The Balaban J connectivity index is 1.44. The van der Waals surface area contributed by atoms with E-state index in [0.29, 0.717) is 18.8 Å². The summed E-state index contributed by atoms with van der Waals surface area (Å²) in [5, 5.41) is 13.7. The van der Waals surface area contributed by atoms with Crippen LogP contribution < -0.4 is 0 Å². The van der Waals surface area contributed by atoms with E-state index in [-0.39, 0.29) is 11.8 Å². The van der Waals surface area contributed by atoms with Crippen molar-refractivity contribution in [3.05, 3.63) is 162 Å². The van der Waals surface area contributed by atoms with Crippen molar-refractivity contribution in [2.75, 3.05) is 7.11 Å². The molecule has 1 atom stereocenters. The monoisotopic (exact) mass is 691 g/mol. The van der Waals surface area contributed by atoms with E-state index in [4.69, 9.17) is 15.0 Å². The summed E-state index contributed by atoms with van der Waals surface area (Å²) < 4.78 is 7.08. The first-order chi connectivity index (χ1) is 25.4. The molecule has 0 saturated carbocycles. The fourth-order valence-corrected chi connectivity index (χ4v) is 7.10. The molecule has 6 aromatic rings. The zero-order valence-electron chi connectivity index (χ0n) is 30.2. The molecule has 0 aliphatic heterocycles. The van der Waals surface area contributed by atoms with E-state index in [1.54, 1.807) is 4.90 Å². The highest BCUT2D eigenvalue weighted by Crippen LogP contribution is 2.43. The zero-order valence-corrected chi connectivity index (χ0v) is 30.2. The number of rotatable bonds is 14. The maximum Gasteiger partial charge on any atom is 0.328 e. The van der Waals surface area contributed by atoms with Crippen LogP contribution in [0.3, 0.4) is 0 Å². The van der Waals surface area contributed by atoms with Crippen LogP contribution in [0, 0.1) is 5.92 Å². The second-order valence-corrected chi connectivity index (χ2v) is 13.3. The Hall–Kier alpha value is -5.89. The Morgan fingerprint density at radius 1 is 0.731 bits per heavy atom. The molecule has 0 aliphatic carbocycles. The van der Waals surface area contributed by atoms with Crippen LogP contribution in [0.25, 0.3) is 22.5 Å². The second kappa shape index (κ2) is 16.4. The summed E-state index contributed by atoms with van der Waals surface area (Å²) in [4.78, 5) is 28.0. The molecule has 6 rings (SSSR count). The van der Waals surface area contributed by atoms with Gasteiger partial charge in [-0.3, -0.25) is 4.79 Å². The van der Waals surface area contributed by atoms with Crippen molar-refractivity contribution in [1.29, 1.82) is 0 Å². The average molecular weight is 692 g/mol. The smallest absolute Gasteiger partial charge is 0.328 e. The molecule has 52 heavy (non-hydrogen) atoms. The number of aromatic nitrogens is 4. The Kier molecular flexibility index (Phi) is 11.3. The summed E-state index contributed by atoms with van der Waals surface area (Å²) in [5.41, 5.74) is 5.89. The van der Waals surface area contributed by atoms with Gasteiger partial charge in [-0.25, -0.2) is 9.48 Å². The van der Waals surface area contributed by atoms with Gasteiger partial charge in [0, 0.05) is 18.5 Å². The predicted molar refractivity (Wildman–Crippen MR) is 204 cm³/mol. The third kappa shape index (κ3) is 7.15. The first kappa shape index (κ1) is 35.9. The molecule has 0 bridgehead atoms. The van der Waals surface area contributed by atoms with E-state index in [9.17, 15) is 9.59 Å².